The molecule has 0 saturated carbocycles. The van der Waals surface area contributed by atoms with E-state index in [1.54, 1.807) is 0 Å². The van der Waals surface area contributed by atoms with Gasteiger partial charge in [-0.3, -0.25) is 19.2 Å². The van der Waals surface area contributed by atoms with Crippen molar-refractivity contribution in [2.75, 3.05) is 46.2 Å². The molecule has 0 aromatic carbocycles. The van der Waals surface area contributed by atoms with Crippen molar-refractivity contribution in [3.8, 4) is 0 Å². The fraction of sp³-hybridized carbons (Fsp3) is 0.900. The zero-order valence-corrected chi connectivity index (χ0v) is 48.6. The molecule has 0 bridgehead atoms. The third-order valence-electron chi connectivity index (χ3n) is 15.7. The number of aliphatic hydroxyl groups is 19. The second-order valence-corrected chi connectivity index (χ2v) is 22.2. The van der Waals surface area contributed by atoms with E-state index in [1.165, 1.54) is 0 Å². The predicted molar refractivity (Wildman–Crippen MR) is 279 cm³/mol. The molecular weight excluding hydrogens is 1230 g/mol. The molecule has 40 heteroatoms. The minimum absolute atomic E-state index is 0.0528. The van der Waals surface area contributed by atoms with Crippen LogP contribution in [0.3, 0.4) is 0 Å². The number of hydrogen-bond donors (Lipinski definition) is 23. The van der Waals surface area contributed by atoms with Crippen molar-refractivity contribution in [2.45, 2.75) is 236 Å². The molecule has 23 N–H and O–H groups in total. The van der Waals surface area contributed by atoms with Gasteiger partial charge in [0.25, 0.3) is 0 Å². The molecule has 0 aromatic rings. The third kappa shape index (κ3) is 17.4. The van der Waals surface area contributed by atoms with E-state index in [1.807, 2.05) is 0 Å². The van der Waals surface area contributed by atoms with E-state index < -0.39 is 278 Å². The summed E-state index contributed by atoms with van der Waals surface area (Å²) >= 11 is 0. The van der Waals surface area contributed by atoms with Crippen molar-refractivity contribution < 1.29 is 178 Å². The lowest BCUT2D eigenvalue weighted by Gasteiger charge is -2.50. The van der Waals surface area contributed by atoms with Gasteiger partial charge < -0.3 is 180 Å². The van der Waals surface area contributed by atoms with E-state index in [-0.39, 0.29) is 6.29 Å². The molecule has 6 fully saturated rings. The van der Waals surface area contributed by atoms with Crippen LogP contribution in [0.25, 0.3) is 0 Å². The van der Waals surface area contributed by atoms with Crippen LogP contribution in [0.5, 0.6) is 0 Å². The van der Waals surface area contributed by atoms with Gasteiger partial charge in [-0.2, -0.15) is 0 Å². The van der Waals surface area contributed by atoms with E-state index in [9.17, 15) is 121 Å². The minimum Gasteiger partial charge on any atom is -0.394 e. The number of carbonyl (C=O) groups excluding carboxylic acids is 5. The Balaban J connectivity index is 1.40. The van der Waals surface area contributed by atoms with Crippen LogP contribution in [0.4, 0.5) is 0 Å². The second kappa shape index (κ2) is 33.6. The molecule has 0 radical (unpaired) electrons. The average Bonchev–Trinajstić information content (AvgIpc) is 0.816. The van der Waals surface area contributed by atoms with Gasteiger partial charge in [0.05, 0.1) is 46.2 Å². The van der Waals surface area contributed by atoms with Crippen molar-refractivity contribution in [3.05, 3.63) is 0 Å². The highest BCUT2D eigenvalue weighted by atomic mass is 16.8. The van der Waals surface area contributed by atoms with E-state index in [0.29, 0.717) is 0 Å². The van der Waals surface area contributed by atoms with Gasteiger partial charge in [0.1, 0.15) is 177 Å². The van der Waals surface area contributed by atoms with Gasteiger partial charge in [-0.05, 0) is 0 Å². The molecule has 6 heterocycles. The quantitative estimate of drug-likeness (QED) is 0.0340. The van der Waals surface area contributed by atoms with Crippen LogP contribution >= 0.6 is 0 Å². The first-order chi connectivity index (χ1) is 42.5. The lowest BCUT2D eigenvalue weighted by Crippen LogP contribution is -2.70. The van der Waals surface area contributed by atoms with Crippen molar-refractivity contribution >= 4 is 29.9 Å². The smallest absolute Gasteiger partial charge is 0.217 e. The molecule has 6 rings (SSSR count). The largest absolute Gasteiger partial charge is 0.394 e. The van der Waals surface area contributed by atoms with Crippen LogP contribution in [-0.2, 0) is 80.8 Å². The summed E-state index contributed by atoms with van der Waals surface area (Å²) in [7, 11) is 0. The van der Waals surface area contributed by atoms with Gasteiger partial charge in [-0.25, -0.2) is 0 Å². The maximum atomic E-state index is 12.8. The molecule has 520 valence electrons. The monoisotopic (exact) mass is 1320 g/mol. The van der Waals surface area contributed by atoms with Gasteiger partial charge in [0.2, 0.25) is 23.6 Å². The standard InChI is InChI=1S/C50H84N4O36/c1-13(62)51-17(5-55)28(67)40(18(66)6-56)86-47-27(54-16(4)65)36(75)41(23(11-61)84-47)87-48-39(78)42(88-50-44(38(77)32(71)22(10-60)83-50)90-46-26(53-15(3)64)35(74)30(69)20(8-58)81-46)33(72)24(85-48)12-79-49-43(37(76)31(70)21(9-59)82-49)89-45-25(52-14(2)63)34(73)29(68)19(7-57)80-45/h5,17-50,56-61,66-78H,6-12H2,1-4H3,(H,51,62)(H,52,63)(H,53,64)(H,54,65)/t17-,18+,19+,20+,21+,22+,23+,24+,25+,26+,27+,28+,29+,30+,31+,32+,33+,34+,35+,36+,37-,38-,39-,40+,41+,42-,43-,44-,45-,46-,47-,48-,49-,50+/m0/s1. The van der Waals surface area contributed by atoms with Crippen molar-refractivity contribution in [2.24, 2.45) is 0 Å². The Morgan fingerprint density at radius 3 is 1.21 bits per heavy atom. The first-order valence-corrected chi connectivity index (χ1v) is 28.4. The molecule has 0 unspecified atom stereocenters. The summed E-state index contributed by atoms with van der Waals surface area (Å²) in [6.07, 6.45) is -61.8. The molecular formula is C50H84N4O36. The van der Waals surface area contributed by atoms with E-state index in [0.717, 1.165) is 27.7 Å². The van der Waals surface area contributed by atoms with Crippen LogP contribution in [0.15, 0.2) is 0 Å². The summed E-state index contributed by atoms with van der Waals surface area (Å²) in [4.78, 5) is 61.3. The molecule has 0 spiro atoms. The summed E-state index contributed by atoms with van der Waals surface area (Å²) < 4.78 is 70.7. The fourth-order valence-electron chi connectivity index (χ4n) is 11.0. The first-order valence-electron chi connectivity index (χ1n) is 28.4. The summed E-state index contributed by atoms with van der Waals surface area (Å²) in [6.45, 7) is -3.63. The first kappa shape index (κ1) is 75.3. The average molecular weight is 1320 g/mol. The Labute approximate surface area is 510 Å². The van der Waals surface area contributed by atoms with Gasteiger partial charge >= 0.3 is 0 Å². The topological polar surface area (TPSA) is 629 Å². The zero-order chi connectivity index (χ0) is 66.9. The molecule has 6 saturated heterocycles. The number of rotatable bonds is 27. The highest BCUT2D eigenvalue weighted by Crippen LogP contribution is 2.37. The highest BCUT2D eigenvalue weighted by Gasteiger charge is 2.58. The van der Waals surface area contributed by atoms with Crippen LogP contribution in [0.1, 0.15) is 27.7 Å². The summed E-state index contributed by atoms with van der Waals surface area (Å²) in [5.41, 5.74) is 0. The van der Waals surface area contributed by atoms with Gasteiger partial charge in [0.15, 0.2) is 37.7 Å². The molecule has 6 aliphatic rings. The van der Waals surface area contributed by atoms with Gasteiger partial charge in [0, 0.05) is 27.7 Å². The van der Waals surface area contributed by atoms with Gasteiger partial charge in [-0.1, -0.05) is 0 Å². The predicted octanol–water partition coefficient (Wildman–Crippen LogP) is -15.9. The Kier molecular flexibility index (Phi) is 28.1. The number of carbonyl (C=O) groups is 5. The molecule has 40 nitrogen and oxygen atoms in total. The van der Waals surface area contributed by atoms with Crippen molar-refractivity contribution in [1.82, 2.24) is 21.3 Å². The molecule has 6 aliphatic heterocycles. The molecule has 0 aromatic heterocycles. The highest BCUT2D eigenvalue weighted by molar-refractivity contribution is 5.77. The van der Waals surface area contributed by atoms with Gasteiger partial charge in [-0.15, -0.1) is 0 Å². The SMILES string of the molecule is CC(=O)N[C@H]1[C@H](O[C@@H]([C@H](O)[C@H](C=O)NC(C)=O)[C@H](O)CO)O[C@H](CO)[C@@H](O[C@@H]2O[C@H](CO[C@H]3O[C@H](CO)[C@@H](O)[C@H](O)[C@@H]3O[C@@H]3O[C@H](CO)[C@@H](O)[C@H](O)[C@H]3NC(C)=O)[C@@H](O)[C@H](O[C@H]3O[C@H](CO)[C@@H](O)[C@H](O)[C@@H]3O[C@@H]3O[C@H](CO)[C@@H](O)[C@H](O)[C@H]3NC(C)=O)[C@@H]2O)[C@@H]1O. The summed E-state index contributed by atoms with van der Waals surface area (Å²) in [6, 6.07) is -7.19. The molecule has 90 heavy (non-hydrogen) atoms. The second-order valence-electron chi connectivity index (χ2n) is 22.2. The Morgan fingerprint density at radius 2 is 0.789 bits per heavy atom. The lowest BCUT2D eigenvalue weighted by molar-refractivity contribution is -0.395. The Bertz CT molecular complexity index is 2290. The number of nitrogens with one attached hydrogen (secondary N) is 4. The number of aldehydes is 1. The number of hydrogen-bond acceptors (Lipinski definition) is 36. The van der Waals surface area contributed by atoms with Crippen LogP contribution in [-0.4, -0.2) is 382 Å². The third-order valence-corrected chi connectivity index (χ3v) is 15.7. The number of aliphatic hydroxyl groups excluding tert-OH is 19. The summed E-state index contributed by atoms with van der Waals surface area (Å²) in [5.74, 6) is -3.45. The van der Waals surface area contributed by atoms with Crippen molar-refractivity contribution in [1.29, 1.82) is 0 Å². The molecule has 4 amide bonds. The van der Waals surface area contributed by atoms with E-state index in [4.69, 9.17) is 56.8 Å². The lowest BCUT2D eigenvalue weighted by atomic mass is 9.94. The van der Waals surface area contributed by atoms with E-state index in [2.05, 4.69) is 21.3 Å². The van der Waals surface area contributed by atoms with Crippen LogP contribution in [0, 0.1) is 0 Å². The molecule has 0 aliphatic carbocycles. The Hall–Kier alpha value is -3.69. The maximum absolute atomic E-state index is 12.8. The number of amides is 4. The van der Waals surface area contributed by atoms with Crippen molar-refractivity contribution in [3.63, 3.8) is 0 Å². The fourth-order valence-corrected chi connectivity index (χ4v) is 11.0. The molecule has 34 atom stereocenters. The zero-order valence-electron chi connectivity index (χ0n) is 48.6. The number of ether oxygens (including phenoxy) is 12. The minimum atomic E-state index is -2.48. The van der Waals surface area contributed by atoms with E-state index >= 15 is 0 Å². The maximum Gasteiger partial charge on any atom is 0.217 e. The Morgan fingerprint density at radius 1 is 0.411 bits per heavy atom. The normalized spacial score (nSPS) is 43.9. The summed E-state index contributed by atoms with van der Waals surface area (Å²) in [5, 5.41) is 218. The van der Waals surface area contributed by atoms with Crippen LogP contribution in [0.2, 0.25) is 0 Å². The van der Waals surface area contributed by atoms with Crippen LogP contribution < -0.4 is 21.3 Å².